The number of thiazole rings is 1. The molecule has 25 heavy (non-hydrogen) atoms. The number of nitrogens with two attached hydrogens (primary N) is 1. The molecule has 1 aromatic heterocycles. The van der Waals surface area contributed by atoms with E-state index < -0.39 is 0 Å². The van der Waals surface area contributed by atoms with Crippen LogP contribution >= 0.6 is 34.5 Å². The fraction of sp³-hybridized carbons (Fsp3) is 0.353. The highest BCUT2D eigenvalue weighted by Gasteiger charge is 2.26. The second-order valence-corrected chi connectivity index (χ2v) is 7.65. The van der Waals surface area contributed by atoms with Crippen LogP contribution < -0.4 is 5.73 Å². The van der Waals surface area contributed by atoms with E-state index in [4.69, 9.17) is 28.9 Å². The van der Waals surface area contributed by atoms with E-state index in [1.165, 1.54) is 11.3 Å². The lowest BCUT2D eigenvalue weighted by molar-refractivity contribution is -0.134. The lowest BCUT2D eigenvalue weighted by atomic mass is 9.96. The van der Waals surface area contributed by atoms with E-state index >= 15 is 0 Å². The number of piperidine rings is 1. The van der Waals surface area contributed by atoms with Gasteiger partial charge in [-0.2, -0.15) is 0 Å². The second kappa shape index (κ2) is 7.72. The molecule has 0 radical (unpaired) electrons. The van der Waals surface area contributed by atoms with Crippen LogP contribution in [0.2, 0.25) is 10.0 Å². The zero-order valence-electron chi connectivity index (χ0n) is 13.4. The lowest BCUT2D eigenvalue weighted by Gasteiger charge is -2.30. The van der Waals surface area contributed by atoms with E-state index in [1.807, 2.05) is 5.38 Å². The number of likely N-dealkylation sites (tertiary alicyclic amines) is 1. The SMILES string of the molecule is NC(=O)C1CCN(C(=O)Cc2csc(-c3c(Cl)cccc3Cl)n2)CC1. The average molecular weight is 398 g/mol. The Morgan fingerprint density at radius 2 is 1.88 bits per heavy atom. The molecule has 0 spiro atoms. The number of hydrogen-bond acceptors (Lipinski definition) is 4. The van der Waals surface area contributed by atoms with Gasteiger partial charge in [-0.1, -0.05) is 29.3 Å². The summed E-state index contributed by atoms with van der Waals surface area (Å²) in [4.78, 5) is 29.9. The summed E-state index contributed by atoms with van der Waals surface area (Å²) in [5.74, 6) is -0.407. The Hall–Kier alpha value is -1.63. The number of aromatic nitrogens is 1. The van der Waals surface area contributed by atoms with Gasteiger partial charge in [0.05, 0.1) is 22.2 Å². The van der Waals surface area contributed by atoms with Crippen LogP contribution in [0.4, 0.5) is 0 Å². The van der Waals surface area contributed by atoms with Crippen molar-refractivity contribution in [3.05, 3.63) is 39.3 Å². The first-order valence-electron chi connectivity index (χ1n) is 7.91. The molecule has 8 heteroatoms. The molecule has 2 amide bonds. The van der Waals surface area contributed by atoms with Gasteiger partial charge in [0.1, 0.15) is 5.01 Å². The summed E-state index contributed by atoms with van der Waals surface area (Å²) in [6.07, 6.45) is 1.47. The van der Waals surface area contributed by atoms with Crippen LogP contribution in [0.15, 0.2) is 23.6 Å². The maximum absolute atomic E-state index is 12.4. The third-order valence-corrected chi connectivity index (χ3v) is 5.85. The predicted octanol–water partition coefficient (Wildman–Crippen LogP) is 3.38. The van der Waals surface area contributed by atoms with Crippen molar-refractivity contribution < 1.29 is 9.59 Å². The highest BCUT2D eigenvalue weighted by Crippen LogP contribution is 2.36. The minimum atomic E-state index is -0.284. The van der Waals surface area contributed by atoms with Crippen LogP contribution in [-0.2, 0) is 16.0 Å². The van der Waals surface area contributed by atoms with Crippen molar-refractivity contribution in [2.24, 2.45) is 11.7 Å². The van der Waals surface area contributed by atoms with Gasteiger partial charge in [-0.05, 0) is 25.0 Å². The van der Waals surface area contributed by atoms with Gasteiger partial charge < -0.3 is 10.6 Å². The van der Waals surface area contributed by atoms with E-state index in [9.17, 15) is 9.59 Å². The smallest absolute Gasteiger partial charge is 0.228 e. The van der Waals surface area contributed by atoms with Gasteiger partial charge in [0, 0.05) is 30.0 Å². The quantitative estimate of drug-likeness (QED) is 0.858. The normalized spacial score (nSPS) is 15.4. The van der Waals surface area contributed by atoms with Crippen LogP contribution in [0.5, 0.6) is 0 Å². The van der Waals surface area contributed by atoms with E-state index in [2.05, 4.69) is 4.98 Å². The minimum absolute atomic E-state index is 0.00465. The Labute approximate surface area is 159 Å². The Balaban J connectivity index is 1.66. The maximum atomic E-state index is 12.4. The summed E-state index contributed by atoms with van der Waals surface area (Å²) in [5.41, 5.74) is 6.71. The van der Waals surface area contributed by atoms with Gasteiger partial charge in [-0.15, -0.1) is 11.3 Å². The third-order valence-electron chi connectivity index (χ3n) is 4.31. The number of halogens is 2. The fourth-order valence-corrected chi connectivity index (χ4v) is 4.47. The molecule has 0 saturated carbocycles. The molecule has 0 aliphatic carbocycles. The summed E-state index contributed by atoms with van der Waals surface area (Å²) in [6.45, 7) is 1.11. The Kier molecular flexibility index (Phi) is 5.61. The first-order valence-corrected chi connectivity index (χ1v) is 9.55. The molecule has 1 aromatic carbocycles. The first-order chi connectivity index (χ1) is 12.0. The van der Waals surface area contributed by atoms with Crippen molar-refractivity contribution in [2.45, 2.75) is 19.3 Å². The average Bonchev–Trinajstić information content (AvgIpc) is 3.02. The monoisotopic (exact) mass is 397 g/mol. The molecule has 2 aromatic rings. The summed E-state index contributed by atoms with van der Waals surface area (Å²) in [6, 6.07) is 5.30. The molecule has 0 unspecified atom stereocenters. The Morgan fingerprint density at radius 1 is 1.24 bits per heavy atom. The maximum Gasteiger partial charge on any atom is 0.228 e. The van der Waals surface area contributed by atoms with Gasteiger partial charge in [-0.3, -0.25) is 9.59 Å². The Bertz CT molecular complexity index is 781. The van der Waals surface area contributed by atoms with Crippen LogP contribution in [0.25, 0.3) is 10.6 Å². The molecular formula is C17H17Cl2N3O2S. The molecule has 1 aliphatic heterocycles. The van der Waals surface area contributed by atoms with Gasteiger partial charge in [0.2, 0.25) is 11.8 Å². The van der Waals surface area contributed by atoms with E-state index in [0.717, 1.165) is 0 Å². The zero-order chi connectivity index (χ0) is 18.0. The van der Waals surface area contributed by atoms with Crippen molar-refractivity contribution in [3.8, 4) is 10.6 Å². The van der Waals surface area contributed by atoms with Crippen LogP contribution in [0, 0.1) is 5.92 Å². The molecule has 3 rings (SSSR count). The summed E-state index contributed by atoms with van der Waals surface area (Å²) in [5, 5.41) is 3.62. The van der Waals surface area contributed by atoms with Crippen molar-refractivity contribution in [1.82, 2.24) is 9.88 Å². The third kappa shape index (κ3) is 4.14. The summed E-state index contributed by atoms with van der Waals surface area (Å²) in [7, 11) is 0. The lowest BCUT2D eigenvalue weighted by Crippen LogP contribution is -2.42. The molecule has 1 saturated heterocycles. The van der Waals surface area contributed by atoms with Crippen molar-refractivity contribution in [1.29, 1.82) is 0 Å². The number of carbonyl (C=O) groups excluding carboxylic acids is 2. The molecule has 1 aliphatic rings. The van der Waals surface area contributed by atoms with Gasteiger partial charge in [0.15, 0.2) is 0 Å². The number of amides is 2. The topological polar surface area (TPSA) is 76.3 Å². The van der Waals surface area contributed by atoms with Gasteiger partial charge in [-0.25, -0.2) is 4.98 Å². The van der Waals surface area contributed by atoms with Crippen molar-refractivity contribution >= 4 is 46.4 Å². The number of benzene rings is 1. The standard InChI is InChI=1S/C17H17Cl2N3O2S/c18-12-2-1-3-13(19)15(12)17-21-11(9-25-17)8-14(23)22-6-4-10(5-7-22)16(20)24/h1-3,9-10H,4-8H2,(H2,20,24). The van der Waals surface area contributed by atoms with E-state index in [-0.39, 0.29) is 24.2 Å². The molecule has 2 N–H and O–H groups in total. The highest BCUT2D eigenvalue weighted by molar-refractivity contribution is 7.13. The van der Waals surface area contributed by atoms with Crippen molar-refractivity contribution in [3.63, 3.8) is 0 Å². The largest absolute Gasteiger partial charge is 0.369 e. The molecule has 132 valence electrons. The fourth-order valence-electron chi connectivity index (χ4n) is 2.89. The van der Waals surface area contributed by atoms with Crippen LogP contribution in [-0.4, -0.2) is 34.8 Å². The predicted molar refractivity (Wildman–Crippen MR) is 99.8 cm³/mol. The number of nitrogens with zero attached hydrogens (tertiary/aromatic N) is 2. The van der Waals surface area contributed by atoms with Crippen LogP contribution in [0.3, 0.4) is 0 Å². The molecule has 1 fully saturated rings. The van der Waals surface area contributed by atoms with Crippen molar-refractivity contribution in [2.75, 3.05) is 13.1 Å². The number of rotatable bonds is 4. The van der Waals surface area contributed by atoms with E-state index in [1.54, 1.807) is 23.1 Å². The van der Waals surface area contributed by atoms with Crippen LogP contribution in [0.1, 0.15) is 18.5 Å². The van der Waals surface area contributed by atoms with Gasteiger partial charge in [0.25, 0.3) is 0 Å². The van der Waals surface area contributed by atoms with Gasteiger partial charge >= 0.3 is 0 Å². The second-order valence-electron chi connectivity index (χ2n) is 5.97. The molecule has 0 bridgehead atoms. The molecule has 0 atom stereocenters. The number of carbonyl (C=O) groups is 2. The first kappa shape index (κ1) is 18.2. The molecular weight excluding hydrogens is 381 g/mol. The number of primary amides is 1. The molecule has 5 nitrogen and oxygen atoms in total. The zero-order valence-corrected chi connectivity index (χ0v) is 15.7. The number of hydrogen-bond donors (Lipinski definition) is 1. The summed E-state index contributed by atoms with van der Waals surface area (Å²) < 4.78 is 0. The van der Waals surface area contributed by atoms with E-state index in [0.29, 0.717) is 52.2 Å². The minimum Gasteiger partial charge on any atom is -0.369 e. The molecule has 2 heterocycles. The summed E-state index contributed by atoms with van der Waals surface area (Å²) >= 11 is 13.8. The Morgan fingerprint density at radius 3 is 2.48 bits per heavy atom. The highest BCUT2D eigenvalue weighted by atomic mass is 35.5.